The molecule has 2 aromatic rings. The summed E-state index contributed by atoms with van der Waals surface area (Å²) in [6, 6.07) is 12.4. The molecule has 1 aromatic carbocycles. The summed E-state index contributed by atoms with van der Waals surface area (Å²) in [5.41, 5.74) is 5.56. The summed E-state index contributed by atoms with van der Waals surface area (Å²) in [6.07, 6.45) is 2.13. The summed E-state index contributed by atoms with van der Waals surface area (Å²) >= 11 is 0. The lowest BCUT2D eigenvalue weighted by Crippen LogP contribution is -2.37. The van der Waals surface area contributed by atoms with Gasteiger partial charge < -0.3 is 20.5 Å². The van der Waals surface area contributed by atoms with Gasteiger partial charge in [-0.3, -0.25) is 14.4 Å². The molecule has 0 saturated heterocycles. The van der Waals surface area contributed by atoms with Crippen molar-refractivity contribution < 1.29 is 9.59 Å². The normalized spacial score (nSPS) is 12.0. The Kier molecular flexibility index (Phi) is 6.68. The maximum Gasteiger partial charge on any atom is 0.263 e. The number of amides is 2. The van der Waals surface area contributed by atoms with Crippen molar-refractivity contribution in [2.24, 2.45) is 5.73 Å². The molecule has 7 heteroatoms. The van der Waals surface area contributed by atoms with Crippen LogP contribution in [0, 0.1) is 0 Å². The standard InChI is InChI=1S/C19H24N4O3/c1-22(2)12-10-16(14-7-4-3-5-8-14)21-18(25)15-9-6-11-23(19(15)26)13-17(20)24/h3-9,11,16H,10,12-13H2,1-2H3,(H2,20,24)(H,21,25). The van der Waals surface area contributed by atoms with Gasteiger partial charge >= 0.3 is 0 Å². The van der Waals surface area contributed by atoms with Crippen LogP contribution in [0.3, 0.4) is 0 Å². The number of nitrogens with zero attached hydrogens (tertiary/aromatic N) is 2. The highest BCUT2D eigenvalue weighted by Gasteiger charge is 2.19. The third-order valence-electron chi connectivity index (χ3n) is 3.96. The van der Waals surface area contributed by atoms with Crippen molar-refractivity contribution in [3.05, 3.63) is 70.1 Å². The fourth-order valence-corrected chi connectivity index (χ4v) is 2.63. The molecule has 2 rings (SSSR count). The summed E-state index contributed by atoms with van der Waals surface area (Å²) < 4.78 is 1.13. The van der Waals surface area contributed by atoms with Gasteiger partial charge in [-0.05, 0) is 44.8 Å². The average molecular weight is 356 g/mol. The van der Waals surface area contributed by atoms with Crippen LogP contribution in [-0.2, 0) is 11.3 Å². The first-order chi connectivity index (χ1) is 12.4. The molecule has 0 saturated carbocycles. The highest BCUT2D eigenvalue weighted by Crippen LogP contribution is 2.17. The van der Waals surface area contributed by atoms with Gasteiger partial charge in [0, 0.05) is 6.20 Å². The summed E-state index contributed by atoms with van der Waals surface area (Å²) in [4.78, 5) is 38.2. The van der Waals surface area contributed by atoms with E-state index >= 15 is 0 Å². The van der Waals surface area contributed by atoms with E-state index < -0.39 is 17.4 Å². The molecular weight excluding hydrogens is 332 g/mol. The van der Waals surface area contributed by atoms with Gasteiger partial charge in [0.05, 0.1) is 6.04 Å². The molecule has 1 heterocycles. The van der Waals surface area contributed by atoms with Crippen molar-refractivity contribution in [2.75, 3.05) is 20.6 Å². The molecule has 138 valence electrons. The Bertz CT molecular complexity index is 815. The number of aromatic nitrogens is 1. The zero-order chi connectivity index (χ0) is 19.1. The van der Waals surface area contributed by atoms with Crippen molar-refractivity contribution in [3.63, 3.8) is 0 Å². The van der Waals surface area contributed by atoms with Crippen LogP contribution < -0.4 is 16.6 Å². The molecule has 2 amide bonds. The van der Waals surface area contributed by atoms with Crippen molar-refractivity contribution in [1.82, 2.24) is 14.8 Å². The van der Waals surface area contributed by atoms with Crippen LogP contribution in [0.1, 0.15) is 28.4 Å². The maximum atomic E-state index is 12.7. The Balaban J connectivity index is 2.24. The number of benzene rings is 1. The molecule has 3 N–H and O–H groups in total. The van der Waals surface area contributed by atoms with Crippen LogP contribution in [0.25, 0.3) is 0 Å². The van der Waals surface area contributed by atoms with E-state index in [1.165, 1.54) is 12.3 Å². The number of carbonyl (C=O) groups is 2. The monoisotopic (exact) mass is 356 g/mol. The molecular formula is C19H24N4O3. The van der Waals surface area contributed by atoms with E-state index in [-0.39, 0.29) is 18.2 Å². The van der Waals surface area contributed by atoms with Gasteiger partial charge in [-0.1, -0.05) is 30.3 Å². The lowest BCUT2D eigenvalue weighted by atomic mass is 10.0. The molecule has 0 aliphatic carbocycles. The van der Waals surface area contributed by atoms with E-state index in [9.17, 15) is 14.4 Å². The van der Waals surface area contributed by atoms with Crippen LogP contribution in [-0.4, -0.2) is 41.9 Å². The van der Waals surface area contributed by atoms with Crippen molar-refractivity contribution in [2.45, 2.75) is 19.0 Å². The number of hydrogen-bond donors (Lipinski definition) is 2. The second kappa shape index (κ2) is 8.96. The average Bonchev–Trinajstić information content (AvgIpc) is 2.60. The second-order valence-electron chi connectivity index (χ2n) is 6.35. The Morgan fingerprint density at radius 2 is 1.85 bits per heavy atom. The van der Waals surface area contributed by atoms with Gasteiger partial charge in [-0.15, -0.1) is 0 Å². The number of pyridine rings is 1. The second-order valence-corrected chi connectivity index (χ2v) is 6.35. The fraction of sp³-hybridized carbons (Fsp3) is 0.316. The summed E-state index contributed by atoms with van der Waals surface area (Å²) in [6.45, 7) is 0.517. The lowest BCUT2D eigenvalue weighted by molar-refractivity contribution is -0.118. The molecule has 0 aliphatic rings. The first kappa shape index (κ1) is 19.4. The van der Waals surface area contributed by atoms with E-state index in [2.05, 4.69) is 5.32 Å². The van der Waals surface area contributed by atoms with E-state index in [1.807, 2.05) is 49.3 Å². The van der Waals surface area contributed by atoms with Gasteiger partial charge in [0.2, 0.25) is 5.91 Å². The fourth-order valence-electron chi connectivity index (χ4n) is 2.63. The van der Waals surface area contributed by atoms with Crippen LogP contribution >= 0.6 is 0 Å². The minimum Gasteiger partial charge on any atom is -0.368 e. The zero-order valence-electron chi connectivity index (χ0n) is 15.0. The number of carbonyl (C=O) groups excluding carboxylic acids is 2. The summed E-state index contributed by atoms with van der Waals surface area (Å²) in [5, 5.41) is 2.93. The first-order valence-electron chi connectivity index (χ1n) is 8.36. The first-order valence-corrected chi connectivity index (χ1v) is 8.36. The number of rotatable bonds is 8. The van der Waals surface area contributed by atoms with E-state index in [0.29, 0.717) is 6.42 Å². The lowest BCUT2D eigenvalue weighted by Gasteiger charge is -2.21. The molecule has 7 nitrogen and oxygen atoms in total. The maximum absolute atomic E-state index is 12.7. The molecule has 0 fully saturated rings. The van der Waals surface area contributed by atoms with Gasteiger partial charge in [0.25, 0.3) is 11.5 Å². The minimum absolute atomic E-state index is 0.0143. The smallest absolute Gasteiger partial charge is 0.263 e. The summed E-state index contributed by atoms with van der Waals surface area (Å²) in [5.74, 6) is -1.11. The Hall–Kier alpha value is -2.93. The molecule has 0 aliphatic heterocycles. The largest absolute Gasteiger partial charge is 0.368 e. The molecule has 0 spiro atoms. The highest BCUT2D eigenvalue weighted by molar-refractivity contribution is 5.94. The van der Waals surface area contributed by atoms with Crippen LogP contribution in [0.5, 0.6) is 0 Å². The topological polar surface area (TPSA) is 97.4 Å². The molecule has 1 unspecified atom stereocenters. The molecule has 1 atom stereocenters. The zero-order valence-corrected chi connectivity index (χ0v) is 15.0. The Morgan fingerprint density at radius 1 is 1.15 bits per heavy atom. The quantitative estimate of drug-likeness (QED) is 0.729. The van der Waals surface area contributed by atoms with E-state index in [0.717, 1.165) is 16.7 Å². The predicted molar refractivity (Wildman–Crippen MR) is 99.7 cm³/mol. The molecule has 26 heavy (non-hydrogen) atoms. The summed E-state index contributed by atoms with van der Waals surface area (Å²) in [7, 11) is 3.92. The number of nitrogens with two attached hydrogens (primary N) is 1. The van der Waals surface area contributed by atoms with Gasteiger partial charge in [0.1, 0.15) is 12.1 Å². The predicted octanol–water partition coefficient (Wildman–Crippen LogP) is 0.756. The van der Waals surface area contributed by atoms with Gasteiger partial charge in [-0.25, -0.2) is 0 Å². The van der Waals surface area contributed by atoms with Crippen LogP contribution in [0.4, 0.5) is 0 Å². The minimum atomic E-state index is -0.641. The van der Waals surface area contributed by atoms with Crippen LogP contribution in [0.15, 0.2) is 53.5 Å². The number of nitrogens with one attached hydrogen (secondary N) is 1. The third kappa shape index (κ3) is 5.29. The Labute approximate surface area is 152 Å². The highest BCUT2D eigenvalue weighted by atomic mass is 16.2. The van der Waals surface area contributed by atoms with Crippen molar-refractivity contribution >= 4 is 11.8 Å². The van der Waals surface area contributed by atoms with Crippen LogP contribution in [0.2, 0.25) is 0 Å². The number of primary amides is 1. The SMILES string of the molecule is CN(C)CCC(NC(=O)c1cccn(CC(N)=O)c1=O)c1ccccc1. The van der Waals surface area contributed by atoms with Crippen molar-refractivity contribution in [1.29, 1.82) is 0 Å². The molecule has 0 bridgehead atoms. The Morgan fingerprint density at radius 3 is 2.46 bits per heavy atom. The molecule has 0 radical (unpaired) electrons. The molecule has 1 aromatic heterocycles. The third-order valence-corrected chi connectivity index (χ3v) is 3.96. The van der Waals surface area contributed by atoms with E-state index in [1.54, 1.807) is 6.07 Å². The van der Waals surface area contributed by atoms with E-state index in [4.69, 9.17) is 5.73 Å². The van der Waals surface area contributed by atoms with Gasteiger partial charge in [-0.2, -0.15) is 0 Å². The number of hydrogen-bond acceptors (Lipinski definition) is 4. The van der Waals surface area contributed by atoms with Gasteiger partial charge in [0.15, 0.2) is 0 Å². The van der Waals surface area contributed by atoms with Crippen molar-refractivity contribution in [3.8, 4) is 0 Å².